The van der Waals surface area contributed by atoms with Crippen molar-refractivity contribution in [3.05, 3.63) is 65.0 Å². The first kappa shape index (κ1) is 16.5. The number of anilines is 1. The number of halogens is 1. The summed E-state index contributed by atoms with van der Waals surface area (Å²) in [5, 5.41) is 13.6. The fourth-order valence-electron chi connectivity index (χ4n) is 3.16. The molecular weight excluding hydrogens is 307 g/mol. The van der Waals surface area contributed by atoms with Crippen LogP contribution in [0.3, 0.4) is 0 Å². The summed E-state index contributed by atoms with van der Waals surface area (Å²) in [7, 11) is 0. The second kappa shape index (κ2) is 6.24. The van der Waals surface area contributed by atoms with Crippen LogP contribution in [0.4, 0.5) is 14.9 Å². The molecule has 2 N–H and O–H groups in total. The summed E-state index contributed by atoms with van der Waals surface area (Å²) in [5.41, 5.74) is 1.75. The molecule has 1 unspecified atom stereocenters. The van der Waals surface area contributed by atoms with E-state index in [9.17, 15) is 14.3 Å². The number of β-amino-alcohol motifs (C(OH)–C–C–N with tert-alkyl or cyclic N) is 1. The van der Waals surface area contributed by atoms with E-state index in [-0.39, 0.29) is 18.4 Å². The van der Waals surface area contributed by atoms with Crippen molar-refractivity contribution in [2.24, 2.45) is 0 Å². The molecule has 24 heavy (non-hydrogen) atoms. The van der Waals surface area contributed by atoms with E-state index in [0.717, 1.165) is 11.1 Å². The predicted molar refractivity (Wildman–Crippen MR) is 91.4 cm³/mol. The van der Waals surface area contributed by atoms with Gasteiger partial charge in [-0.3, -0.25) is 0 Å². The third-order valence-corrected chi connectivity index (χ3v) is 4.60. The third-order valence-electron chi connectivity index (χ3n) is 4.60. The van der Waals surface area contributed by atoms with Crippen molar-refractivity contribution in [2.75, 3.05) is 18.4 Å². The van der Waals surface area contributed by atoms with E-state index in [0.29, 0.717) is 24.2 Å². The maximum absolute atomic E-state index is 13.6. The molecule has 1 atom stereocenters. The quantitative estimate of drug-likeness (QED) is 0.885. The number of aliphatic hydroxyl groups is 1. The molecule has 1 aliphatic rings. The normalized spacial score (nSPS) is 20.2. The lowest BCUT2D eigenvalue weighted by molar-refractivity contribution is 0.0494. The number of benzene rings is 2. The summed E-state index contributed by atoms with van der Waals surface area (Å²) in [6, 6.07) is 11.9. The molecular formula is C19H21FN2O2. The average Bonchev–Trinajstić information content (AvgIpc) is 2.95. The van der Waals surface area contributed by atoms with Crippen molar-refractivity contribution in [1.82, 2.24) is 4.90 Å². The minimum absolute atomic E-state index is 0.220. The largest absolute Gasteiger partial charge is 0.383 e. The minimum atomic E-state index is -1.04. The monoisotopic (exact) mass is 328 g/mol. The second-order valence-electron chi connectivity index (χ2n) is 6.41. The molecule has 1 fully saturated rings. The lowest BCUT2D eigenvalue weighted by Crippen LogP contribution is -2.37. The van der Waals surface area contributed by atoms with Crippen molar-refractivity contribution in [1.29, 1.82) is 0 Å². The van der Waals surface area contributed by atoms with E-state index in [2.05, 4.69) is 5.32 Å². The molecule has 2 aromatic carbocycles. The maximum Gasteiger partial charge on any atom is 0.321 e. The number of likely N-dealkylation sites (tertiary alicyclic amines) is 1. The molecule has 0 radical (unpaired) electrons. The van der Waals surface area contributed by atoms with Crippen LogP contribution >= 0.6 is 0 Å². The van der Waals surface area contributed by atoms with Crippen molar-refractivity contribution in [3.63, 3.8) is 0 Å². The highest BCUT2D eigenvalue weighted by Gasteiger charge is 2.40. The highest BCUT2D eigenvalue weighted by Crippen LogP contribution is 2.34. The summed E-state index contributed by atoms with van der Waals surface area (Å²) >= 11 is 0. The number of amides is 2. The van der Waals surface area contributed by atoms with Crippen molar-refractivity contribution in [2.45, 2.75) is 25.9 Å². The molecule has 126 valence electrons. The van der Waals surface area contributed by atoms with E-state index in [1.165, 1.54) is 6.07 Å². The molecule has 0 aliphatic carbocycles. The number of nitrogens with zero attached hydrogens (tertiary/aromatic N) is 1. The molecule has 1 aliphatic heterocycles. The van der Waals surface area contributed by atoms with E-state index in [1.807, 2.05) is 31.2 Å². The van der Waals surface area contributed by atoms with Gasteiger partial charge in [-0.15, -0.1) is 0 Å². The first-order valence-corrected chi connectivity index (χ1v) is 8.00. The van der Waals surface area contributed by atoms with Gasteiger partial charge in [0.1, 0.15) is 11.4 Å². The summed E-state index contributed by atoms with van der Waals surface area (Å²) in [4.78, 5) is 14.0. The van der Waals surface area contributed by atoms with Crippen LogP contribution in [0.5, 0.6) is 0 Å². The third kappa shape index (κ3) is 3.12. The smallest absolute Gasteiger partial charge is 0.321 e. The van der Waals surface area contributed by atoms with Crippen LogP contribution in [0.15, 0.2) is 42.5 Å². The molecule has 2 aromatic rings. The lowest BCUT2D eigenvalue weighted by atomic mass is 9.89. The zero-order chi connectivity index (χ0) is 17.3. The van der Waals surface area contributed by atoms with Crippen LogP contribution in [0, 0.1) is 19.7 Å². The Kier molecular flexibility index (Phi) is 4.28. The number of hydrogen-bond donors (Lipinski definition) is 2. The number of aryl methyl sites for hydroxylation is 2. The van der Waals surface area contributed by atoms with Gasteiger partial charge in [0.15, 0.2) is 0 Å². The Balaban J connectivity index is 1.72. The van der Waals surface area contributed by atoms with Crippen LogP contribution in [0.25, 0.3) is 0 Å². The molecule has 5 heteroatoms. The Morgan fingerprint density at radius 2 is 1.96 bits per heavy atom. The number of carbonyl (C=O) groups is 1. The van der Waals surface area contributed by atoms with Gasteiger partial charge in [-0.25, -0.2) is 9.18 Å². The SMILES string of the molecule is Cc1ccc(NC(=O)N2CCC(O)(c3ccccc3C)C2)cc1F. The Bertz CT molecular complexity index is 778. The lowest BCUT2D eigenvalue weighted by Gasteiger charge is -2.25. The fraction of sp³-hybridized carbons (Fsp3) is 0.316. The number of carbonyl (C=O) groups excluding carboxylic acids is 1. The molecule has 0 aromatic heterocycles. The van der Waals surface area contributed by atoms with Crippen LogP contribution in [-0.4, -0.2) is 29.1 Å². The molecule has 4 nitrogen and oxygen atoms in total. The zero-order valence-corrected chi connectivity index (χ0v) is 13.8. The standard InChI is InChI=1S/C19H21FN2O2/c1-13-5-3-4-6-16(13)19(24)9-10-22(12-19)18(23)21-15-8-7-14(2)17(20)11-15/h3-8,11,24H,9-10,12H2,1-2H3,(H,21,23). The Morgan fingerprint density at radius 3 is 2.67 bits per heavy atom. The minimum Gasteiger partial charge on any atom is -0.383 e. The second-order valence-corrected chi connectivity index (χ2v) is 6.41. The topological polar surface area (TPSA) is 52.6 Å². The molecule has 3 rings (SSSR count). The average molecular weight is 328 g/mol. The molecule has 0 spiro atoms. The van der Waals surface area contributed by atoms with Crippen LogP contribution in [0.1, 0.15) is 23.1 Å². The van der Waals surface area contributed by atoms with Crippen molar-refractivity contribution < 1.29 is 14.3 Å². The summed E-state index contributed by atoms with van der Waals surface area (Å²) in [5.74, 6) is -0.356. The van der Waals surface area contributed by atoms with E-state index in [4.69, 9.17) is 0 Å². The van der Waals surface area contributed by atoms with Crippen molar-refractivity contribution in [3.8, 4) is 0 Å². The van der Waals surface area contributed by atoms with Gasteiger partial charge in [-0.05, 0) is 49.1 Å². The Labute approximate surface area is 140 Å². The maximum atomic E-state index is 13.6. The van der Waals surface area contributed by atoms with Gasteiger partial charge in [-0.2, -0.15) is 0 Å². The van der Waals surface area contributed by atoms with Crippen LogP contribution in [-0.2, 0) is 5.60 Å². The molecule has 0 saturated carbocycles. The van der Waals surface area contributed by atoms with Gasteiger partial charge >= 0.3 is 6.03 Å². The van der Waals surface area contributed by atoms with Gasteiger partial charge in [-0.1, -0.05) is 30.3 Å². The highest BCUT2D eigenvalue weighted by atomic mass is 19.1. The fourth-order valence-corrected chi connectivity index (χ4v) is 3.16. The Hall–Kier alpha value is -2.40. The van der Waals surface area contributed by atoms with Gasteiger partial charge < -0.3 is 15.3 Å². The number of urea groups is 1. The molecule has 1 saturated heterocycles. The van der Waals surface area contributed by atoms with Crippen LogP contribution in [0.2, 0.25) is 0 Å². The van der Waals surface area contributed by atoms with Gasteiger partial charge in [0, 0.05) is 12.2 Å². The van der Waals surface area contributed by atoms with Gasteiger partial charge in [0.25, 0.3) is 0 Å². The zero-order valence-electron chi connectivity index (χ0n) is 13.8. The van der Waals surface area contributed by atoms with Crippen molar-refractivity contribution >= 4 is 11.7 Å². The summed E-state index contributed by atoms with van der Waals surface area (Å²) in [6.45, 7) is 4.29. The first-order valence-electron chi connectivity index (χ1n) is 8.00. The number of nitrogens with one attached hydrogen (secondary N) is 1. The summed E-state index contributed by atoms with van der Waals surface area (Å²) < 4.78 is 13.6. The molecule has 1 heterocycles. The van der Waals surface area contributed by atoms with E-state index < -0.39 is 5.60 Å². The van der Waals surface area contributed by atoms with Crippen LogP contribution < -0.4 is 5.32 Å². The number of hydrogen-bond acceptors (Lipinski definition) is 2. The predicted octanol–water partition coefficient (Wildman–Crippen LogP) is 3.57. The summed E-state index contributed by atoms with van der Waals surface area (Å²) in [6.07, 6.45) is 0.480. The first-order chi connectivity index (χ1) is 11.4. The van der Waals surface area contributed by atoms with E-state index >= 15 is 0 Å². The molecule has 2 amide bonds. The molecule has 0 bridgehead atoms. The van der Waals surface area contributed by atoms with E-state index in [1.54, 1.807) is 24.0 Å². The van der Waals surface area contributed by atoms with Gasteiger partial charge in [0.2, 0.25) is 0 Å². The number of rotatable bonds is 2. The Morgan fingerprint density at radius 1 is 1.21 bits per heavy atom. The van der Waals surface area contributed by atoms with Gasteiger partial charge in [0.05, 0.1) is 6.54 Å². The highest BCUT2D eigenvalue weighted by molar-refractivity contribution is 5.89.